The second-order valence-electron chi connectivity index (χ2n) is 5.18. The number of guanidine groups is 1. The summed E-state index contributed by atoms with van der Waals surface area (Å²) in [7, 11) is 1.73. The highest BCUT2D eigenvalue weighted by Gasteiger charge is 2.25. The summed E-state index contributed by atoms with van der Waals surface area (Å²) in [6, 6.07) is 2.13. The number of rotatable bonds is 4. The zero-order valence-corrected chi connectivity index (χ0v) is 15.6. The summed E-state index contributed by atoms with van der Waals surface area (Å²) in [5.41, 5.74) is 0.860. The summed E-state index contributed by atoms with van der Waals surface area (Å²) in [5, 5.41) is 10.4. The summed E-state index contributed by atoms with van der Waals surface area (Å²) in [6.07, 6.45) is 1.50. The van der Waals surface area contributed by atoms with Gasteiger partial charge in [-0.15, -0.1) is 24.0 Å². The number of amides is 1. The number of aliphatic imine (C=N–C) groups is 1. The van der Waals surface area contributed by atoms with E-state index in [2.05, 4.69) is 20.8 Å². The Labute approximate surface area is 147 Å². The van der Waals surface area contributed by atoms with Gasteiger partial charge in [0.1, 0.15) is 0 Å². The van der Waals surface area contributed by atoms with E-state index in [4.69, 9.17) is 4.52 Å². The summed E-state index contributed by atoms with van der Waals surface area (Å²) < 4.78 is 5.14. The van der Waals surface area contributed by atoms with Gasteiger partial charge in [0.15, 0.2) is 11.7 Å². The molecular weight excluding hydrogens is 397 g/mol. The lowest BCUT2D eigenvalue weighted by atomic mass is 10.3. The monoisotopic (exact) mass is 421 g/mol. The molecule has 2 heterocycles. The molecule has 1 atom stereocenters. The molecule has 1 aliphatic heterocycles. The van der Waals surface area contributed by atoms with Crippen molar-refractivity contribution in [3.8, 4) is 0 Å². The summed E-state index contributed by atoms with van der Waals surface area (Å²) in [6.45, 7) is 5.85. The van der Waals surface area contributed by atoms with Gasteiger partial charge >= 0.3 is 0 Å². The van der Waals surface area contributed by atoms with Gasteiger partial charge in [0.2, 0.25) is 5.91 Å². The van der Waals surface area contributed by atoms with E-state index in [9.17, 15) is 4.79 Å². The van der Waals surface area contributed by atoms with Crippen LogP contribution in [0.5, 0.6) is 0 Å². The van der Waals surface area contributed by atoms with Gasteiger partial charge < -0.3 is 20.1 Å². The van der Waals surface area contributed by atoms with Crippen molar-refractivity contribution < 1.29 is 9.32 Å². The third kappa shape index (κ3) is 5.15. The van der Waals surface area contributed by atoms with Crippen molar-refractivity contribution in [3.63, 3.8) is 0 Å². The van der Waals surface area contributed by atoms with Crippen molar-refractivity contribution in [3.05, 3.63) is 17.5 Å². The Hall–Kier alpha value is -1.32. The van der Waals surface area contributed by atoms with E-state index >= 15 is 0 Å². The number of likely N-dealkylation sites (tertiary alicyclic amines) is 1. The molecule has 1 aromatic heterocycles. The average molecular weight is 421 g/mol. The van der Waals surface area contributed by atoms with Crippen LogP contribution in [0.3, 0.4) is 0 Å². The van der Waals surface area contributed by atoms with E-state index < -0.39 is 0 Å². The number of aromatic nitrogens is 1. The van der Waals surface area contributed by atoms with Gasteiger partial charge in [-0.05, 0) is 13.3 Å². The van der Waals surface area contributed by atoms with Crippen LogP contribution in [0.2, 0.25) is 0 Å². The zero-order chi connectivity index (χ0) is 15.2. The van der Waals surface area contributed by atoms with Gasteiger partial charge in [0, 0.05) is 38.7 Å². The maximum atomic E-state index is 11.7. The van der Waals surface area contributed by atoms with Crippen LogP contribution in [0.1, 0.15) is 31.2 Å². The molecule has 1 aromatic rings. The molecule has 124 valence electrons. The molecular formula is C14H24IN5O2. The van der Waals surface area contributed by atoms with Crippen LogP contribution in [0.25, 0.3) is 0 Å². The Kier molecular flexibility index (Phi) is 7.63. The molecule has 1 aliphatic rings. The van der Waals surface area contributed by atoms with E-state index in [1.165, 1.54) is 0 Å². The minimum absolute atomic E-state index is 0. The van der Waals surface area contributed by atoms with Crippen molar-refractivity contribution in [2.45, 2.75) is 39.3 Å². The van der Waals surface area contributed by atoms with Crippen molar-refractivity contribution in [2.24, 2.45) is 4.99 Å². The number of nitrogens with zero attached hydrogens (tertiary/aromatic N) is 3. The van der Waals surface area contributed by atoms with E-state index in [-0.39, 0.29) is 35.9 Å². The number of halogens is 1. The Morgan fingerprint density at radius 3 is 2.95 bits per heavy atom. The summed E-state index contributed by atoms with van der Waals surface area (Å²) in [5.74, 6) is 1.68. The third-order valence-corrected chi connectivity index (χ3v) is 3.51. The Balaban J connectivity index is 0.00000242. The van der Waals surface area contributed by atoms with Crippen molar-refractivity contribution in [1.82, 2.24) is 20.7 Å². The lowest BCUT2D eigenvalue weighted by molar-refractivity contribution is -0.129. The molecule has 8 heteroatoms. The second kappa shape index (κ2) is 8.96. The topological polar surface area (TPSA) is 82.8 Å². The minimum Gasteiger partial charge on any atom is -0.359 e. The fourth-order valence-electron chi connectivity index (χ4n) is 2.39. The Morgan fingerprint density at radius 1 is 1.59 bits per heavy atom. The largest absolute Gasteiger partial charge is 0.359 e. The van der Waals surface area contributed by atoms with Crippen LogP contribution >= 0.6 is 24.0 Å². The van der Waals surface area contributed by atoms with Crippen LogP contribution in [0.15, 0.2) is 15.6 Å². The van der Waals surface area contributed by atoms with E-state index in [0.29, 0.717) is 18.9 Å². The smallest absolute Gasteiger partial charge is 0.222 e. The van der Waals surface area contributed by atoms with Crippen molar-refractivity contribution >= 4 is 35.8 Å². The first-order valence-corrected chi connectivity index (χ1v) is 7.29. The van der Waals surface area contributed by atoms with Crippen LogP contribution in [-0.2, 0) is 11.3 Å². The number of hydrogen-bond acceptors (Lipinski definition) is 4. The number of aryl methyl sites for hydroxylation is 1. The van der Waals surface area contributed by atoms with E-state index in [1.807, 2.05) is 24.8 Å². The standard InChI is InChI=1S/C14H23N5O2.HI/c1-4-13(20)19-6-5-11(9-19)17-14(15-3)16-8-12-7-10(2)18-21-12;/h7,11H,4-6,8-9H2,1-3H3,(H2,15,16,17);1H. The van der Waals surface area contributed by atoms with Crippen LogP contribution in [-0.4, -0.2) is 48.1 Å². The Morgan fingerprint density at radius 2 is 2.36 bits per heavy atom. The highest BCUT2D eigenvalue weighted by molar-refractivity contribution is 14.0. The van der Waals surface area contributed by atoms with Gasteiger partial charge in [-0.2, -0.15) is 0 Å². The molecule has 0 radical (unpaired) electrons. The molecule has 2 rings (SSSR count). The number of nitrogens with one attached hydrogen (secondary N) is 2. The number of hydrogen-bond donors (Lipinski definition) is 2. The maximum absolute atomic E-state index is 11.7. The molecule has 0 spiro atoms. The predicted molar refractivity (Wildman–Crippen MR) is 95.3 cm³/mol. The maximum Gasteiger partial charge on any atom is 0.222 e. The molecule has 0 aliphatic carbocycles. The third-order valence-electron chi connectivity index (χ3n) is 3.51. The SMILES string of the molecule is CCC(=O)N1CCC(NC(=NC)NCc2cc(C)no2)C1.I. The first-order valence-electron chi connectivity index (χ1n) is 7.29. The van der Waals surface area contributed by atoms with Gasteiger partial charge in [-0.1, -0.05) is 12.1 Å². The first kappa shape index (κ1) is 18.7. The Bertz CT molecular complexity index is 517. The van der Waals surface area contributed by atoms with E-state index in [0.717, 1.165) is 31.0 Å². The predicted octanol–water partition coefficient (Wildman–Crippen LogP) is 1.28. The molecule has 1 saturated heterocycles. The molecule has 22 heavy (non-hydrogen) atoms. The van der Waals surface area contributed by atoms with Crippen LogP contribution < -0.4 is 10.6 Å². The van der Waals surface area contributed by atoms with Gasteiger partial charge in [-0.25, -0.2) is 0 Å². The number of carbonyl (C=O) groups excluding carboxylic acids is 1. The quantitative estimate of drug-likeness (QED) is 0.435. The molecule has 1 unspecified atom stereocenters. The van der Waals surface area contributed by atoms with Gasteiger partial charge in [-0.3, -0.25) is 9.79 Å². The lowest BCUT2D eigenvalue weighted by Crippen LogP contribution is -2.44. The van der Waals surface area contributed by atoms with Crippen molar-refractivity contribution in [2.75, 3.05) is 20.1 Å². The fourth-order valence-corrected chi connectivity index (χ4v) is 2.39. The summed E-state index contributed by atoms with van der Waals surface area (Å²) >= 11 is 0. The molecule has 7 nitrogen and oxygen atoms in total. The van der Waals surface area contributed by atoms with Gasteiger partial charge in [0.25, 0.3) is 0 Å². The molecule has 2 N–H and O–H groups in total. The molecule has 0 bridgehead atoms. The fraction of sp³-hybridized carbons (Fsp3) is 0.643. The number of carbonyl (C=O) groups is 1. The van der Waals surface area contributed by atoms with Crippen molar-refractivity contribution in [1.29, 1.82) is 0 Å². The van der Waals surface area contributed by atoms with E-state index in [1.54, 1.807) is 7.05 Å². The van der Waals surface area contributed by atoms with Crippen LogP contribution in [0.4, 0.5) is 0 Å². The molecule has 0 aromatic carbocycles. The second-order valence-corrected chi connectivity index (χ2v) is 5.18. The lowest BCUT2D eigenvalue weighted by Gasteiger charge is -2.18. The molecule has 1 amide bonds. The highest BCUT2D eigenvalue weighted by Crippen LogP contribution is 2.10. The summed E-state index contributed by atoms with van der Waals surface area (Å²) in [4.78, 5) is 17.7. The minimum atomic E-state index is 0. The molecule has 1 fully saturated rings. The molecule has 0 saturated carbocycles. The van der Waals surface area contributed by atoms with Gasteiger partial charge in [0.05, 0.1) is 12.2 Å². The zero-order valence-electron chi connectivity index (χ0n) is 13.3. The highest BCUT2D eigenvalue weighted by atomic mass is 127. The average Bonchev–Trinajstić information content (AvgIpc) is 3.11. The normalized spacial score (nSPS) is 18.0. The first-order chi connectivity index (χ1) is 10.1. The van der Waals surface area contributed by atoms with Crippen LogP contribution in [0, 0.1) is 6.92 Å².